The maximum absolute atomic E-state index is 12.4. The van der Waals surface area contributed by atoms with E-state index >= 15 is 0 Å². The Morgan fingerprint density at radius 1 is 1.44 bits per heavy atom. The van der Waals surface area contributed by atoms with Crippen LogP contribution in [0.5, 0.6) is 5.75 Å². The Morgan fingerprint density at radius 3 is 3.00 bits per heavy atom. The molecule has 1 saturated carbocycles. The molecule has 1 amide bonds. The summed E-state index contributed by atoms with van der Waals surface area (Å²) in [5.74, 6) is 3.99. The number of rotatable bonds is 6. The molecule has 1 saturated heterocycles. The highest BCUT2D eigenvalue weighted by molar-refractivity contribution is 7.99. The number of nitrogens with one attached hydrogen (secondary N) is 2. The molecule has 10 heteroatoms. The van der Waals surface area contributed by atoms with E-state index in [0.717, 1.165) is 42.4 Å². The number of anilines is 1. The van der Waals surface area contributed by atoms with Crippen molar-refractivity contribution in [2.24, 2.45) is 0 Å². The second kappa shape index (κ2) is 8.90. The number of methoxy groups -OCH3 is 1. The van der Waals surface area contributed by atoms with E-state index in [1.807, 2.05) is 30.0 Å². The predicted molar refractivity (Wildman–Crippen MR) is 107 cm³/mol. The van der Waals surface area contributed by atoms with Crippen molar-refractivity contribution >= 4 is 35.8 Å². The molecule has 0 radical (unpaired) electrons. The standard InChI is InChI=1S/C17H22N6O2S.ClH/c1-25-15-5-4-12(19-16(24)9-13-10-26-7-6-18-13)8-14(15)23-17(11-2-3-11)20-21-22-23;/h4-5,8,11,13,18H,2-3,6-7,9-10H2,1H3,(H,19,24);1H. The van der Waals surface area contributed by atoms with Gasteiger partial charge in [-0.1, -0.05) is 0 Å². The van der Waals surface area contributed by atoms with Gasteiger partial charge in [0.1, 0.15) is 11.4 Å². The van der Waals surface area contributed by atoms with E-state index in [-0.39, 0.29) is 24.4 Å². The van der Waals surface area contributed by atoms with Crippen LogP contribution in [0.3, 0.4) is 0 Å². The van der Waals surface area contributed by atoms with E-state index < -0.39 is 0 Å². The van der Waals surface area contributed by atoms with Gasteiger partial charge < -0.3 is 15.4 Å². The van der Waals surface area contributed by atoms with Gasteiger partial charge in [-0.25, -0.2) is 0 Å². The minimum Gasteiger partial charge on any atom is -0.494 e. The molecule has 1 aromatic heterocycles. The fourth-order valence-electron chi connectivity index (χ4n) is 3.08. The number of halogens is 1. The molecule has 8 nitrogen and oxygen atoms in total. The Kier molecular flexibility index (Phi) is 6.56. The van der Waals surface area contributed by atoms with Gasteiger partial charge >= 0.3 is 0 Å². The Hall–Kier alpha value is -1.84. The van der Waals surface area contributed by atoms with E-state index in [2.05, 4.69) is 26.2 Å². The third-order valence-corrected chi connectivity index (χ3v) is 5.69. The third-order valence-electron chi connectivity index (χ3n) is 4.56. The van der Waals surface area contributed by atoms with Crippen molar-refractivity contribution in [1.29, 1.82) is 0 Å². The van der Waals surface area contributed by atoms with Crippen LogP contribution in [0.15, 0.2) is 18.2 Å². The molecule has 1 aliphatic heterocycles. The number of carbonyl (C=O) groups excluding carboxylic acids is 1. The summed E-state index contributed by atoms with van der Waals surface area (Å²) in [6.45, 7) is 0.957. The monoisotopic (exact) mass is 410 g/mol. The van der Waals surface area contributed by atoms with E-state index in [4.69, 9.17) is 4.74 Å². The minimum absolute atomic E-state index is 0. The molecule has 27 heavy (non-hydrogen) atoms. The zero-order valence-electron chi connectivity index (χ0n) is 15.1. The van der Waals surface area contributed by atoms with E-state index in [1.165, 1.54) is 0 Å². The van der Waals surface area contributed by atoms with Crippen LogP contribution in [0.4, 0.5) is 5.69 Å². The molecule has 2 aromatic rings. The molecule has 2 N–H and O–H groups in total. The van der Waals surface area contributed by atoms with Gasteiger partial charge in [0.15, 0.2) is 5.82 Å². The molecule has 1 aliphatic carbocycles. The molecule has 2 aliphatic rings. The highest BCUT2D eigenvalue weighted by atomic mass is 35.5. The Labute approximate surface area is 168 Å². The quantitative estimate of drug-likeness (QED) is 0.752. The SMILES string of the molecule is COc1ccc(NC(=O)CC2CSCCN2)cc1-n1nnnc1C1CC1.Cl. The summed E-state index contributed by atoms with van der Waals surface area (Å²) < 4.78 is 7.18. The molecule has 0 bridgehead atoms. The average molecular weight is 411 g/mol. The number of nitrogens with zero attached hydrogens (tertiary/aromatic N) is 4. The van der Waals surface area contributed by atoms with Crippen molar-refractivity contribution in [3.05, 3.63) is 24.0 Å². The van der Waals surface area contributed by atoms with Gasteiger partial charge in [-0.2, -0.15) is 16.4 Å². The highest BCUT2D eigenvalue weighted by Gasteiger charge is 2.30. The molecular weight excluding hydrogens is 388 g/mol. The molecule has 1 aromatic carbocycles. The lowest BCUT2D eigenvalue weighted by Crippen LogP contribution is -2.39. The van der Waals surface area contributed by atoms with Crippen LogP contribution in [-0.4, -0.2) is 57.3 Å². The van der Waals surface area contributed by atoms with Gasteiger partial charge in [-0.15, -0.1) is 17.5 Å². The third kappa shape index (κ3) is 4.72. The van der Waals surface area contributed by atoms with Gasteiger partial charge in [0.05, 0.1) is 7.11 Å². The lowest BCUT2D eigenvalue weighted by Gasteiger charge is -2.22. The summed E-state index contributed by atoms with van der Waals surface area (Å²) in [7, 11) is 1.62. The van der Waals surface area contributed by atoms with Crippen LogP contribution >= 0.6 is 24.2 Å². The molecule has 146 valence electrons. The number of hydrogen-bond donors (Lipinski definition) is 2. The van der Waals surface area contributed by atoms with E-state index in [9.17, 15) is 4.79 Å². The van der Waals surface area contributed by atoms with Gasteiger partial charge in [0, 0.05) is 42.1 Å². The smallest absolute Gasteiger partial charge is 0.225 e. The van der Waals surface area contributed by atoms with Crippen molar-refractivity contribution in [2.75, 3.05) is 30.5 Å². The first-order valence-electron chi connectivity index (χ1n) is 8.82. The van der Waals surface area contributed by atoms with Gasteiger partial charge in [0.2, 0.25) is 5.91 Å². The Balaban J connectivity index is 0.00000210. The predicted octanol–water partition coefficient (Wildman–Crippen LogP) is 2.00. The second-order valence-electron chi connectivity index (χ2n) is 6.59. The maximum Gasteiger partial charge on any atom is 0.225 e. The summed E-state index contributed by atoms with van der Waals surface area (Å²) in [6.07, 6.45) is 2.67. The summed E-state index contributed by atoms with van der Waals surface area (Å²) in [6, 6.07) is 5.76. The van der Waals surface area contributed by atoms with E-state index in [0.29, 0.717) is 23.8 Å². The number of amides is 1. The summed E-state index contributed by atoms with van der Waals surface area (Å²) in [5.41, 5.74) is 1.45. The molecule has 0 spiro atoms. The molecule has 4 rings (SSSR count). The van der Waals surface area contributed by atoms with E-state index in [1.54, 1.807) is 11.8 Å². The molecule has 1 atom stereocenters. The largest absolute Gasteiger partial charge is 0.494 e. The molecule has 2 fully saturated rings. The first-order chi connectivity index (χ1) is 12.7. The lowest BCUT2D eigenvalue weighted by molar-refractivity contribution is -0.116. The Bertz CT molecular complexity index is 791. The number of benzene rings is 1. The first kappa shape index (κ1) is 19.9. The number of ether oxygens (including phenoxy) is 1. The van der Waals surface area contributed by atoms with Gasteiger partial charge in [-0.05, 0) is 41.5 Å². The van der Waals surface area contributed by atoms with Gasteiger partial charge in [-0.3, -0.25) is 4.79 Å². The van der Waals surface area contributed by atoms with Crippen LogP contribution in [0.1, 0.15) is 31.0 Å². The molecule has 2 heterocycles. The molecular formula is C17H23ClN6O2S. The van der Waals surface area contributed by atoms with Crippen molar-refractivity contribution in [2.45, 2.75) is 31.2 Å². The normalized spacial score (nSPS) is 19.2. The zero-order chi connectivity index (χ0) is 17.9. The number of carbonyl (C=O) groups is 1. The second-order valence-corrected chi connectivity index (χ2v) is 7.74. The summed E-state index contributed by atoms with van der Waals surface area (Å²) in [5, 5.41) is 18.4. The minimum atomic E-state index is 0. The molecule has 1 unspecified atom stereocenters. The van der Waals surface area contributed by atoms with Crippen molar-refractivity contribution in [1.82, 2.24) is 25.5 Å². The van der Waals surface area contributed by atoms with Crippen LogP contribution in [0.25, 0.3) is 5.69 Å². The fraction of sp³-hybridized carbons (Fsp3) is 0.529. The maximum atomic E-state index is 12.4. The lowest BCUT2D eigenvalue weighted by atomic mass is 10.2. The first-order valence-corrected chi connectivity index (χ1v) is 9.97. The Morgan fingerprint density at radius 2 is 2.30 bits per heavy atom. The number of tetrazole rings is 1. The van der Waals surface area contributed by atoms with Crippen molar-refractivity contribution < 1.29 is 9.53 Å². The number of thioether (sulfide) groups is 1. The fourth-order valence-corrected chi connectivity index (χ4v) is 4.03. The van der Waals surface area contributed by atoms with Crippen LogP contribution < -0.4 is 15.4 Å². The highest BCUT2D eigenvalue weighted by Crippen LogP contribution is 2.40. The topological polar surface area (TPSA) is 94.0 Å². The summed E-state index contributed by atoms with van der Waals surface area (Å²) >= 11 is 1.88. The van der Waals surface area contributed by atoms with Crippen LogP contribution in [0, 0.1) is 0 Å². The van der Waals surface area contributed by atoms with Crippen molar-refractivity contribution in [3.63, 3.8) is 0 Å². The van der Waals surface area contributed by atoms with Crippen LogP contribution in [0.2, 0.25) is 0 Å². The van der Waals surface area contributed by atoms with Gasteiger partial charge in [0.25, 0.3) is 0 Å². The average Bonchev–Trinajstić information content (AvgIpc) is 3.39. The van der Waals surface area contributed by atoms with Crippen molar-refractivity contribution in [3.8, 4) is 11.4 Å². The van der Waals surface area contributed by atoms with Crippen LogP contribution in [-0.2, 0) is 4.79 Å². The number of aromatic nitrogens is 4. The summed E-state index contributed by atoms with van der Waals surface area (Å²) in [4.78, 5) is 12.4. The number of hydrogen-bond acceptors (Lipinski definition) is 7. The zero-order valence-corrected chi connectivity index (χ0v) is 16.7.